The zero-order valence-electron chi connectivity index (χ0n) is 71.7. The number of aromatic hydroxyl groups is 1. The molecule has 0 fully saturated rings. The van der Waals surface area contributed by atoms with Crippen LogP contribution in [0.15, 0.2) is 89.9 Å². The van der Waals surface area contributed by atoms with E-state index in [-0.39, 0.29) is 113 Å². The number of aliphatic hydroxyl groups excluding tert-OH is 1. The SMILES string of the molecule is CSCC[C@H](N)C(=O)N[C@@H](C)C(=O)N[C@H](C(=O)N[C@@H](CC(C)C)C(=O)N[C@@H](C)C(=O)NCC(=O)N[C@@H](Cc1ccc(O)cc1)C(=O)N[C@@H](Cc1ccccc1)C(=O)N[C@@H](CC(C)C)C(=O)N[C@@H](C)C(=O)N[C@@H](CCCCN)C(=O)N[C@@H](Cc1ccccc1)C(=O)N[C@@H](CC(C)C)C(=O)N[C@@H](CC(C)C)C(=O)N[C@@H](CCCN=C(N)N)C(=O)O)[C@@H](C)O. The molecule has 3 aromatic carbocycles. The van der Waals surface area contributed by atoms with Crippen molar-refractivity contribution in [2.24, 2.45) is 51.6 Å². The van der Waals surface area contributed by atoms with Gasteiger partial charge in [0.25, 0.3) is 0 Å². The van der Waals surface area contributed by atoms with Crippen LogP contribution in [0.3, 0.4) is 0 Å². The minimum atomic E-state index is -1.60. The topological polar surface area (TPSA) is 602 Å². The Labute approximate surface area is 712 Å². The molecule has 0 spiro atoms. The van der Waals surface area contributed by atoms with Crippen molar-refractivity contribution in [3.05, 3.63) is 102 Å². The molecule has 14 amide bonds. The fraction of sp³-hybridized carbons (Fsp3) is 0.590. The van der Waals surface area contributed by atoms with Gasteiger partial charge in [-0.1, -0.05) is 128 Å². The van der Waals surface area contributed by atoms with Gasteiger partial charge in [0, 0.05) is 25.8 Å². The highest BCUT2D eigenvalue weighted by atomic mass is 32.2. The molecule has 38 heteroatoms. The summed E-state index contributed by atoms with van der Waals surface area (Å²) in [6, 6.07) is 4.07. The number of nitrogens with one attached hydrogen (secondary N) is 14. The summed E-state index contributed by atoms with van der Waals surface area (Å²) in [7, 11) is 0. The summed E-state index contributed by atoms with van der Waals surface area (Å²) in [5.74, 6) is -13.6. The van der Waals surface area contributed by atoms with E-state index in [2.05, 4.69) is 79.4 Å². The summed E-state index contributed by atoms with van der Waals surface area (Å²) in [6.45, 7) is 19.1. The van der Waals surface area contributed by atoms with Crippen LogP contribution in [-0.4, -0.2) is 232 Å². The average Bonchev–Trinajstić information content (AvgIpc) is 0.852. The third-order valence-electron chi connectivity index (χ3n) is 19.1. The maximum absolute atomic E-state index is 14.8. The number of nitrogens with two attached hydrogens (primary N) is 4. The number of hydrogen-bond donors (Lipinski definition) is 21. The first-order valence-electron chi connectivity index (χ1n) is 41.0. The molecule has 0 aromatic heterocycles. The number of thioether (sulfide) groups is 1. The number of guanidine groups is 1. The molecule has 121 heavy (non-hydrogen) atoms. The Hall–Kier alpha value is -11.0. The molecule has 0 aliphatic heterocycles. The molecule has 0 aliphatic carbocycles. The second-order valence-corrected chi connectivity index (χ2v) is 33.0. The second kappa shape index (κ2) is 54.3. The van der Waals surface area contributed by atoms with Crippen molar-refractivity contribution in [3.63, 3.8) is 0 Å². The highest BCUT2D eigenvalue weighted by Crippen LogP contribution is 2.17. The molecule has 3 rings (SSSR count). The molecule has 0 saturated heterocycles. The average molecular weight is 1720 g/mol. The normalized spacial score (nSPS) is 15.0. The molecule has 15 atom stereocenters. The quantitative estimate of drug-likeness (QED) is 0.0179. The fourth-order valence-electron chi connectivity index (χ4n) is 12.5. The first-order chi connectivity index (χ1) is 57.0. The van der Waals surface area contributed by atoms with Crippen molar-refractivity contribution in [2.75, 3.05) is 31.6 Å². The fourth-order valence-corrected chi connectivity index (χ4v) is 13.0. The van der Waals surface area contributed by atoms with Gasteiger partial charge in [-0.05, 0) is 163 Å². The number of phenols is 1. The number of carbonyl (C=O) groups is 15. The van der Waals surface area contributed by atoms with Crippen molar-refractivity contribution < 1.29 is 87.2 Å². The molecule has 3 aromatic rings. The Kier molecular flexibility index (Phi) is 46.8. The molecule has 0 heterocycles. The summed E-state index contributed by atoms with van der Waals surface area (Å²) in [4.78, 5) is 213. The lowest BCUT2D eigenvalue weighted by Crippen LogP contribution is -2.61. The zero-order valence-corrected chi connectivity index (χ0v) is 72.5. The van der Waals surface area contributed by atoms with E-state index in [4.69, 9.17) is 22.9 Å². The maximum Gasteiger partial charge on any atom is 0.326 e. The minimum absolute atomic E-state index is 0.00455. The number of aliphatic hydroxyl groups is 1. The Morgan fingerprint density at radius 3 is 1.14 bits per heavy atom. The van der Waals surface area contributed by atoms with Crippen LogP contribution in [0.1, 0.15) is 164 Å². The van der Waals surface area contributed by atoms with Crippen molar-refractivity contribution in [3.8, 4) is 5.75 Å². The van der Waals surface area contributed by atoms with E-state index in [1.807, 2.05) is 6.26 Å². The number of aliphatic imine (C=N–C) groups is 1. The molecular formula is C83H131N19O18S. The van der Waals surface area contributed by atoms with Gasteiger partial charge in [-0.25, -0.2) is 4.79 Å². The summed E-state index contributed by atoms with van der Waals surface area (Å²) in [5, 5.41) is 67.3. The van der Waals surface area contributed by atoms with Crippen LogP contribution >= 0.6 is 11.8 Å². The molecule has 672 valence electrons. The number of unbranched alkanes of at least 4 members (excludes halogenated alkanes) is 1. The number of aliphatic carboxylic acids is 1. The lowest BCUT2D eigenvalue weighted by atomic mass is 9.98. The van der Waals surface area contributed by atoms with E-state index in [0.717, 1.165) is 0 Å². The predicted octanol–water partition coefficient (Wildman–Crippen LogP) is -1.19. The predicted molar refractivity (Wildman–Crippen MR) is 458 cm³/mol. The largest absolute Gasteiger partial charge is 0.508 e. The van der Waals surface area contributed by atoms with E-state index in [9.17, 15) is 87.2 Å². The Morgan fingerprint density at radius 1 is 0.388 bits per heavy atom. The van der Waals surface area contributed by atoms with E-state index in [1.165, 1.54) is 63.7 Å². The van der Waals surface area contributed by atoms with Crippen LogP contribution in [0.2, 0.25) is 0 Å². The van der Waals surface area contributed by atoms with Gasteiger partial charge >= 0.3 is 5.97 Å². The van der Waals surface area contributed by atoms with Gasteiger partial charge in [-0.15, -0.1) is 0 Å². The first-order valence-corrected chi connectivity index (χ1v) is 42.4. The lowest BCUT2D eigenvalue weighted by molar-refractivity contribution is -0.142. The lowest BCUT2D eigenvalue weighted by Gasteiger charge is -2.28. The summed E-state index contributed by atoms with van der Waals surface area (Å²) < 4.78 is 0. The number of benzene rings is 3. The van der Waals surface area contributed by atoms with E-state index >= 15 is 0 Å². The van der Waals surface area contributed by atoms with Crippen LogP contribution in [0, 0.1) is 23.7 Å². The number of carbonyl (C=O) groups excluding carboxylic acids is 14. The van der Waals surface area contributed by atoms with Gasteiger partial charge in [0.15, 0.2) is 5.96 Å². The number of phenolic OH excluding ortho intramolecular Hbond substituents is 1. The number of hydrogen-bond acceptors (Lipinski definition) is 21. The first kappa shape index (κ1) is 104. The third kappa shape index (κ3) is 40.3. The number of nitrogens with zero attached hydrogens (tertiary/aromatic N) is 1. The molecule has 37 nitrogen and oxygen atoms in total. The molecule has 0 bridgehead atoms. The van der Waals surface area contributed by atoms with Crippen LogP contribution in [0.4, 0.5) is 0 Å². The molecule has 0 aliphatic rings. The molecular weight excluding hydrogens is 1580 g/mol. The van der Waals surface area contributed by atoms with Crippen LogP contribution in [0.25, 0.3) is 0 Å². The van der Waals surface area contributed by atoms with Crippen molar-refractivity contribution >= 4 is 106 Å². The Balaban J connectivity index is 1.89. The van der Waals surface area contributed by atoms with Gasteiger partial charge in [0.05, 0.1) is 18.7 Å². The Morgan fingerprint density at radius 2 is 0.736 bits per heavy atom. The van der Waals surface area contributed by atoms with Crippen molar-refractivity contribution in [2.45, 2.75) is 257 Å². The molecule has 0 radical (unpaired) electrons. The van der Waals surface area contributed by atoms with Crippen LogP contribution < -0.4 is 97.4 Å². The molecule has 0 saturated carbocycles. The van der Waals surface area contributed by atoms with E-state index < -0.39 is 186 Å². The van der Waals surface area contributed by atoms with Gasteiger partial charge in [0.2, 0.25) is 82.7 Å². The van der Waals surface area contributed by atoms with Crippen LogP contribution in [-0.2, 0) is 91.2 Å². The molecule has 25 N–H and O–H groups in total. The highest BCUT2D eigenvalue weighted by molar-refractivity contribution is 7.98. The monoisotopic (exact) mass is 1710 g/mol. The van der Waals surface area contributed by atoms with Gasteiger partial charge in [-0.3, -0.25) is 72.1 Å². The van der Waals surface area contributed by atoms with E-state index in [1.54, 1.807) is 116 Å². The smallest absolute Gasteiger partial charge is 0.326 e. The van der Waals surface area contributed by atoms with Crippen LogP contribution in [0.5, 0.6) is 5.75 Å². The van der Waals surface area contributed by atoms with Crippen molar-refractivity contribution in [1.82, 2.24) is 74.4 Å². The number of rotatable bonds is 55. The second-order valence-electron chi connectivity index (χ2n) is 32.0. The zero-order chi connectivity index (χ0) is 90.8. The third-order valence-corrected chi connectivity index (χ3v) is 19.7. The van der Waals surface area contributed by atoms with Gasteiger partial charge in [-0.2, -0.15) is 11.8 Å². The maximum atomic E-state index is 14.8. The number of amides is 14. The van der Waals surface area contributed by atoms with Gasteiger partial charge < -0.3 is 113 Å². The number of carboxylic acids is 1. The summed E-state index contributed by atoms with van der Waals surface area (Å²) >= 11 is 1.48. The Bertz CT molecular complexity index is 3890. The highest BCUT2D eigenvalue weighted by Gasteiger charge is 2.38. The standard InChI is InChI=1S/C83H131N19O18S/c1-45(2)37-60(74(111)92-50(10)70(107)94-58(27-20-21-34-84)73(110)99-65(41-53-23-16-14-17-24-53)79(116)98-63(40-48(7)8)77(114)97-62(39-47(5)6)76(113)95-59(82(119)120)28-22-35-88-83(86)87)96-80(117)66(42-54-25-18-15-19-26-54)100-78(115)64(43-55-29-31-56(104)32-30-55)93-67(105)44-89-69(106)49(9)91-75(112)61(38-46(3)4)101-81(118)68(52(12)103)102-71(108)51(11)90-72(109)57(85)33-36-121-13/h14-19,23-26,29-32,45-52,57-66,68,103-104H,20-22,27-28,33-44,84-85H2,1-13H3,(H,89,106)(H,90,109)(H,91,112)(H,92,111)(H,93,105)(H,94,107)(H,95,113)(H,96,117)(H,97,114)(H,98,116)(H,99,110)(H,100,115)(H,101,118)(H,102,108)(H,119,120)(H4,86,87,88)/t49-,50-,51-,52+,57-,58-,59-,60-,61-,62-,63-,64-,65-,66-,68-/m0/s1. The molecule has 0 unspecified atom stereocenters. The van der Waals surface area contributed by atoms with Crippen molar-refractivity contribution in [1.29, 1.82) is 0 Å². The minimum Gasteiger partial charge on any atom is -0.508 e. The van der Waals surface area contributed by atoms with Gasteiger partial charge in [0.1, 0.15) is 84.3 Å². The number of carboxylic acid groups (broad SMARTS) is 1. The van der Waals surface area contributed by atoms with E-state index in [0.29, 0.717) is 41.7 Å². The summed E-state index contributed by atoms with van der Waals surface area (Å²) in [6.07, 6.45) is 1.21. The summed E-state index contributed by atoms with van der Waals surface area (Å²) in [5.41, 5.74) is 24.2.